The van der Waals surface area contributed by atoms with Crippen LogP contribution in [0.3, 0.4) is 0 Å². The quantitative estimate of drug-likeness (QED) is 0.814. The molecule has 1 fully saturated rings. The van der Waals surface area contributed by atoms with E-state index < -0.39 is 14.6 Å². The van der Waals surface area contributed by atoms with Gasteiger partial charge in [-0.2, -0.15) is 0 Å². The minimum atomic E-state index is -3.27. The summed E-state index contributed by atoms with van der Waals surface area (Å²) in [4.78, 5) is 0.414. The fraction of sp³-hybridized carbons (Fsp3) is 0.538. The molecule has 1 heterocycles. The summed E-state index contributed by atoms with van der Waals surface area (Å²) in [5.41, 5.74) is 0. The van der Waals surface area contributed by atoms with Gasteiger partial charge in [-0.3, -0.25) is 0 Å². The van der Waals surface area contributed by atoms with Crippen LogP contribution >= 0.6 is 0 Å². The standard InChI is InChI=1S/C13H18O3S/c1-11-10-13(2,8-9-16-11)17(14,15)12-6-4-3-5-7-12/h3-7,11H,8-10H2,1-2H3. The van der Waals surface area contributed by atoms with Gasteiger partial charge in [-0.15, -0.1) is 0 Å². The summed E-state index contributed by atoms with van der Waals surface area (Å²) in [7, 11) is -3.27. The molecule has 0 bridgehead atoms. The molecule has 2 atom stereocenters. The molecule has 0 aliphatic carbocycles. The molecule has 1 aliphatic heterocycles. The maximum Gasteiger partial charge on any atom is 0.183 e. The fourth-order valence-corrected chi connectivity index (χ4v) is 4.26. The molecule has 1 aromatic rings. The van der Waals surface area contributed by atoms with Crippen LogP contribution in [-0.2, 0) is 14.6 Å². The van der Waals surface area contributed by atoms with E-state index >= 15 is 0 Å². The minimum absolute atomic E-state index is 0.00670. The highest BCUT2D eigenvalue weighted by atomic mass is 32.2. The lowest BCUT2D eigenvalue weighted by Crippen LogP contribution is -2.43. The number of benzene rings is 1. The first kappa shape index (κ1) is 12.6. The zero-order valence-corrected chi connectivity index (χ0v) is 11.0. The zero-order chi connectivity index (χ0) is 12.5. The molecule has 0 aromatic heterocycles. The summed E-state index contributed by atoms with van der Waals surface area (Å²) in [6.45, 7) is 4.27. The SMILES string of the molecule is CC1CC(C)(S(=O)(=O)c2ccccc2)CCO1. The van der Waals surface area contributed by atoms with Gasteiger partial charge in [0.25, 0.3) is 0 Å². The van der Waals surface area contributed by atoms with Gasteiger partial charge in [0.2, 0.25) is 0 Å². The van der Waals surface area contributed by atoms with E-state index in [9.17, 15) is 8.42 Å². The average molecular weight is 254 g/mol. The van der Waals surface area contributed by atoms with Crippen molar-refractivity contribution in [3.05, 3.63) is 30.3 Å². The van der Waals surface area contributed by atoms with Gasteiger partial charge in [0, 0.05) is 6.61 Å². The summed E-state index contributed by atoms with van der Waals surface area (Å²) in [5, 5.41) is 0. The average Bonchev–Trinajstić information content (AvgIpc) is 2.29. The normalized spacial score (nSPS) is 30.1. The van der Waals surface area contributed by atoms with Crippen molar-refractivity contribution in [1.29, 1.82) is 0 Å². The molecular weight excluding hydrogens is 236 g/mol. The zero-order valence-electron chi connectivity index (χ0n) is 10.2. The second-order valence-corrected chi connectivity index (χ2v) is 7.37. The molecule has 0 amide bonds. The maximum absolute atomic E-state index is 12.6. The van der Waals surface area contributed by atoms with Crippen LogP contribution in [0.5, 0.6) is 0 Å². The summed E-state index contributed by atoms with van der Waals surface area (Å²) in [5.74, 6) is 0. The first-order chi connectivity index (χ1) is 7.96. The molecule has 1 aromatic carbocycles. The molecular formula is C13H18O3S. The lowest BCUT2D eigenvalue weighted by atomic mass is 9.97. The summed E-state index contributed by atoms with van der Waals surface area (Å²) in [6, 6.07) is 8.69. The molecule has 0 N–H and O–H groups in total. The van der Waals surface area contributed by atoms with Crippen molar-refractivity contribution in [2.45, 2.75) is 42.4 Å². The lowest BCUT2D eigenvalue weighted by molar-refractivity contribution is 0.0135. The highest BCUT2D eigenvalue weighted by Crippen LogP contribution is 2.36. The molecule has 2 unspecified atom stereocenters. The molecule has 1 aliphatic rings. The second-order valence-electron chi connectivity index (χ2n) is 4.90. The molecule has 0 radical (unpaired) electrons. The monoisotopic (exact) mass is 254 g/mol. The van der Waals surface area contributed by atoms with E-state index in [2.05, 4.69) is 0 Å². The van der Waals surface area contributed by atoms with E-state index in [1.807, 2.05) is 19.9 Å². The van der Waals surface area contributed by atoms with E-state index in [1.54, 1.807) is 24.3 Å². The van der Waals surface area contributed by atoms with Crippen LogP contribution in [0.25, 0.3) is 0 Å². The third-order valence-corrected chi connectivity index (χ3v) is 6.02. The molecule has 4 heteroatoms. The Morgan fingerprint density at radius 1 is 1.29 bits per heavy atom. The Bertz CT molecular complexity index is 481. The first-order valence-corrected chi connectivity index (χ1v) is 7.35. The van der Waals surface area contributed by atoms with Crippen LogP contribution in [-0.4, -0.2) is 25.9 Å². The van der Waals surface area contributed by atoms with Crippen LogP contribution < -0.4 is 0 Å². The molecule has 1 saturated heterocycles. The Balaban J connectivity index is 2.38. The second kappa shape index (κ2) is 4.42. The van der Waals surface area contributed by atoms with Crippen LogP contribution in [0.4, 0.5) is 0 Å². The number of sulfone groups is 1. The highest BCUT2D eigenvalue weighted by Gasteiger charge is 2.43. The van der Waals surface area contributed by atoms with Gasteiger partial charge in [-0.05, 0) is 38.8 Å². The van der Waals surface area contributed by atoms with Gasteiger partial charge in [0.15, 0.2) is 9.84 Å². The van der Waals surface area contributed by atoms with Gasteiger partial charge >= 0.3 is 0 Å². The van der Waals surface area contributed by atoms with Gasteiger partial charge in [-0.25, -0.2) is 8.42 Å². The van der Waals surface area contributed by atoms with Gasteiger partial charge in [0.1, 0.15) is 0 Å². The van der Waals surface area contributed by atoms with Crippen LogP contribution in [0.15, 0.2) is 35.2 Å². The maximum atomic E-state index is 12.6. The minimum Gasteiger partial charge on any atom is -0.378 e. The van der Waals surface area contributed by atoms with Crippen molar-refractivity contribution < 1.29 is 13.2 Å². The van der Waals surface area contributed by atoms with Crippen molar-refractivity contribution in [2.75, 3.05) is 6.61 Å². The Morgan fingerprint density at radius 2 is 1.94 bits per heavy atom. The number of ether oxygens (including phenoxy) is 1. The predicted octanol–water partition coefficient (Wildman–Crippen LogP) is 2.42. The molecule has 2 rings (SSSR count). The largest absolute Gasteiger partial charge is 0.378 e. The fourth-order valence-electron chi connectivity index (χ4n) is 2.37. The van der Waals surface area contributed by atoms with Gasteiger partial charge in [0.05, 0.1) is 15.7 Å². The number of rotatable bonds is 2. The Kier molecular flexibility index (Phi) is 3.27. The van der Waals surface area contributed by atoms with Gasteiger partial charge < -0.3 is 4.74 Å². The molecule has 0 saturated carbocycles. The van der Waals surface area contributed by atoms with E-state index in [4.69, 9.17) is 4.74 Å². The van der Waals surface area contributed by atoms with Crippen molar-refractivity contribution in [1.82, 2.24) is 0 Å². The van der Waals surface area contributed by atoms with Gasteiger partial charge in [-0.1, -0.05) is 18.2 Å². The van der Waals surface area contributed by atoms with Crippen molar-refractivity contribution >= 4 is 9.84 Å². The Morgan fingerprint density at radius 3 is 2.53 bits per heavy atom. The Labute approximate surface area is 103 Å². The van der Waals surface area contributed by atoms with Crippen molar-refractivity contribution in [3.63, 3.8) is 0 Å². The smallest absolute Gasteiger partial charge is 0.183 e. The molecule has 3 nitrogen and oxygen atoms in total. The van der Waals surface area contributed by atoms with E-state index in [0.717, 1.165) is 0 Å². The third-order valence-electron chi connectivity index (χ3n) is 3.45. The van der Waals surface area contributed by atoms with Crippen LogP contribution in [0, 0.1) is 0 Å². The van der Waals surface area contributed by atoms with Crippen LogP contribution in [0.2, 0.25) is 0 Å². The summed E-state index contributed by atoms with van der Waals surface area (Å²) in [6.07, 6.45) is 1.13. The molecule has 17 heavy (non-hydrogen) atoms. The highest BCUT2D eigenvalue weighted by molar-refractivity contribution is 7.92. The molecule has 94 valence electrons. The third kappa shape index (κ3) is 2.24. The number of hydrogen-bond donors (Lipinski definition) is 0. The predicted molar refractivity (Wildman–Crippen MR) is 66.7 cm³/mol. The topological polar surface area (TPSA) is 43.4 Å². The van der Waals surface area contributed by atoms with E-state index in [1.165, 1.54) is 0 Å². The summed E-state index contributed by atoms with van der Waals surface area (Å²) >= 11 is 0. The van der Waals surface area contributed by atoms with Crippen molar-refractivity contribution in [2.24, 2.45) is 0 Å². The summed E-state index contributed by atoms with van der Waals surface area (Å²) < 4.78 is 29.9. The van der Waals surface area contributed by atoms with Crippen LogP contribution in [0.1, 0.15) is 26.7 Å². The first-order valence-electron chi connectivity index (χ1n) is 5.87. The van der Waals surface area contributed by atoms with E-state index in [0.29, 0.717) is 24.3 Å². The Hall–Kier alpha value is -0.870. The number of hydrogen-bond acceptors (Lipinski definition) is 3. The molecule has 0 spiro atoms. The lowest BCUT2D eigenvalue weighted by Gasteiger charge is -2.36. The van der Waals surface area contributed by atoms with E-state index in [-0.39, 0.29) is 6.10 Å². The van der Waals surface area contributed by atoms with Crippen molar-refractivity contribution in [3.8, 4) is 0 Å².